The molecule has 134 valence electrons. The van der Waals surface area contributed by atoms with Crippen molar-refractivity contribution >= 4 is 5.69 Å². The molecule has 3 heteroatoms. The molecule has 1 aromatic rings. The second kappa shape index (κ2) is 7.77. The van der Waals surface area contributed by atoms with E-state index in [1.165, 1.54) is 25.7 Å². The van der Waals surface area contributed by atoms with E-state index in [1.54, 1.807) is 6.07 Å². The van der Waals surface area contributed by atoms with Gasteiger partial charge in [0.2, 0.25) is 0 Å². The van der Waals surface area contributed by atoms with Crippen LogP contribution < -0.4 is 4.90 Å². The number of benzene rings is 1. The Kier molecular flexibility index (Phi) is 5.70. The summed E-state index contributed by atoms with van der Waals surface area (Å²) in [5, 5.41) is 9.94. The summed E-state index contributed by atoms with van der Waals surface area (Å²) in [5.41, 5.74) is 1.16. The molecule has 2 fully saturated rings. The first kappa shape index (κ1) is 17.6. The van der Waals surface area contributed by atoms with Crippen LogP contribution >= 0.6 is 0 Å². The zero-order chi connectivity index (χ0) is 17.1. The van der Waals surface area contributed by atoms with Gasteiger partial charge in [-0.3, -0.25) is 0 Å². The van der Waals surface area contributed by atoms with Gasteiger partial charge in [0.15, 0.2) is 0 Å². The number of ether oxygens (including phenoxy) is 1. The number of anilines is 1. The second-order valence-electron chi connectivity index (χ2n) is 7.81. The molecule has 0 bridgehead atoms. The quantitative estimate of drug-likeness (QED) is 0.857. The molecule has 0 aliphatic carbocycles. The molecule has 24 heavy (non-hydrogen) atoms. The minimum atomic E-state index is 0.361. The molecule has 3 rings (SSSR count). The van der Waals surface area contributed by atoms with Crippen LogP contribution in [-0.4, -0.2) is 30.4 Å². The lowest BCUT2D eigenvalue weighted by atomic mass is 9.72. The van der Waals surface area contributed by atoms with E-state index >= 15 is 0 Å². The van der Waals surface area contributed by atoms with Crippen LogP contribution in [0.25, 0.3) is 0 Å². The number of hydrogen-bond acceptors (Lipinski definition) is 3. The summed E-state index contributed by atoms with van der Waals surface area (Å²) in [4.78, 5) is 2.55. The summed E-state index contributed by atoms with van der Waals surface area (Å²) in [6, 6.07) is 8.27. The average molecular weight is 332 g/mol. The molecule has 1 aromatic carbocycles. The van der Waals surface area contributed by atoms with Crippen LogP contribution in [-0.2, 0) is 4.74 Å². The summed E-state index contributed by atoms with van der Waals surface area (Å²) in [5.74, 6) is 2.29. The zero-order valence-electron chi connectivity index (χ0n) is 15.4. The minimum absolute atomic E-state index is 0.361. The average Bonchev–Trinajstić information content (AvgIpc) is 2.60. The van der Waals surface area contributed by atoms with Crippen LogP contribution in [0, 0.1) is 17.8 Å². The summed E-state index contributed by atoms with van der Waals surface area (Å²) >= 11 is 0. The van der Waals surface area contributed by atoms with Crippen molar-refractivity contribution in [1.29, 1.82) is 0 Å². The number of phenols is 1. The first-order valence-corrected chi connectivity index (χ1v) is 9.79. The number of aromatic hydroxyl groups is 1. The van der Waals surface area contributed by atoms with Crippen molar-refractivity contribution in [2.24, 2.45) is 17.8 Å². The summed E-state index contributed by atoms with van der Waals surface area (Å²) in [6.07, 6.45) is 6.46. The number of hydrogen-bond donors (Lipinski definition) is 1. The molecule has 0 saturated carbocycles. The van der Waals surface area contributed by atoms with Crippen molar-refractivity contribution in [3.05, 3.63) is 24.3 Å². The Morgan fingerprint density at radius 3 is 2.75 bits per heavy atom. The molecule has 0 radical (unpaired) electrons. The standard InChI is InChI=1S/C21H33NO2/c1-4-19(20-10-5-6-13-24-20)21-16(3)15(2)11-12-22(21)17-8-7-9-18(23)14-17/h7-9,14-16,19-21,23H,4-6,10-13H2,1-3H3. The van der Waals surface area contributed by atoms with Crippen LogP contribution in [0.1, 0.15) is 52.9 Å². The van der Waals surface area contributed by atoms with E-state index in [-0.39, 0.29) is 0 Å². The van der Waals surface area contributed by atoms with Gasteiger partial charge in [0.1, 0.15) is 5.75 Å². The van der Waals surface area contributed by atoms with Gasteiger partial charge in [0.25, 0.3) is 0 Å². The Balaban J connectivity index is 1.90. The number of phenolic OH excluding ortho intramolecular Hbond substituents is 1. The van der Waals surface area contributed by atoms with Crippen molar-refractivity contribution in [3.63, 3.8) is 0 Å². The molecule has 2 aliphatic rings. The number of rotatable bonds is 4. The Labute approximate surface area is 147 Å². The SMILES string of the molecule is CCC(C1CCCCO1)C1C(C)C(C)CCN1c1cccc(O)c1. The van der Waals surface area contributed by atoms with E-state index in [0.717, 1.165) is 31.2 Å². The highest BCUT2D eigenvalue weighted by Gasteiger charge is 2.41. The van der Waals surface area contributed by atoms with Crippen molar-refractivity contribution in [3.8, 4) is 5.75 Å². The molecule has 0 spiro atoms. The number of nitrogens with zero attached hydrogens (tertiary/aromatic N) is 1. The fraction of sp³-hybridized carbons (Fsp3) is 0.714. The van der Waals surface area contributed by atoms with E-state index in [4.69, 9.17) is 4.74 Å². The molecule has 3 nitrogen and oxygen atoms in total. The maximum absolute atomic E-state index is 9.94. The smallest absolute Gasteiger partial charge is 0.117 e. The minimum Gasteiger partial charge on any atom is -0.508 e. The van der Waals surface area contributed by atoms with Crippen LogP contribution in [0.3, 0.4) is 0 Å². The molecule has 2 aliphatic heterocycles. The van der Waals surface area contributed by atoms with Crippen molar-refractivity contribution in [2.75, 3.05) is 18.1 Å². The van der Waals surface area contributed by atoms with E-state index in [1.807, 2.05) is 12.1 Å². The Morgan fingerprint density at radius 2 is 2.08 bits per heavy atom. The van der Waals surface area contributed by atoms with Crippen molar-refractivity contribution < 1.29 is 9.84 Å². The van der Waals surface area contributed by atoms with Crippen molar-refractivity contribution in [1.82, 2.24) is 0 Å². The predicted octanol–water partition coefficient (Wildman–Crippen LogP) is 4.84. The zero-order valence-corrected chi connectivity index (χ0v) is 15.4. The third-order valence-corrected chi connectivity index (χ3v) is 6.39. The highest BCUT2D eigenvalue weighted by molar-refractivity contribution is 5.52. The lowest BCUT2D eigenvalue weighted by molar-refractivity contribution is -0.0393. The molecule has 5 unspecified atom stereocenters. The lowest BCUT2D eigenvalue weighted by Gasteiger charge is -2.50. The summed E-state index contributed by atoms with van der Waals surface area (Å²) in [6.45, 7) is 9.11. The molecule has 1 N–H and O–H groups in total. The second-order valence-corrected chi connectivity index (χ2v) is 7.81. The first-order chi connectivity index (χ1) is 11.6. The molecular formula is C21H33NO2. The fourth-order valence-electron chi connectivity index (χ4n) is 4.80. The van der Waals surface area contributed by atoms with Crippen LogP contribution in [0.15, 0.2) is 24.3 Å². The van der Waals surface area contributed by atoms with E-state index in [9.17, 15) is 5.11 Å². The third kappa shape index (κ3) is 3.56. The molecule has 0 aromatic heterocycles. The van der Waals surface area contributed by atoms with Gasteiger partial charge in [-0.25, -0.2) is 0 Å². The van der Waals surface area contributed by atoms with Crippen LogP contribution in [0.5, 0.6) is 5.75 Å². The predicted molar refractivity (Wildman–Crippen MR) is 99.6 cm³/mol. The third-order valence-electron chi connectivity index (χ3n) is 6.39. The first-order valence-electron chi connectivity index (χ1n) is 9.79. The Bertz CT molecular complexity index is 526. The van der Waals surface area contributed by atoms with Gasteiger partial charge in [0, 0.05) is 36.9 Å². The number of piperidine rings is 1. The molecule has 2 heterocycles. The van der Waals surface area contributed by atoms with Gasteiger partial charge in [-0.15, -0.1) is 0 Å². The Morgan fingerprint density at radius 1 is 1.25 bits per heavy atom. The van der Waals surface area contributed by atoms with Gasteiger partial charge < -0.3 is 14.7 Å². The van der Waals surface area contributed by atoms with Crippen LogP contribution in [0.2, 0.25) is 0 Å². The fourth-order valence-corrected chi connectivity index (χ4v) is 4.80. The summed E-state index contributed by atoms with van der Waals surface area (Å²) < 4.78 is 6.20. The topological polar surface area (TPSA) is 32.7 Å². The lowest BCUT2D eigenvalue weighted by Crippen LogP contribution is -2.54. The maximum Gasteiger partial charge on any atom is 0.117 e. The van der Waals surface area contributed by atoms with E-state index < -0.39 is 0 Å². The molecule has 0 amide bonds. The largest absolute Gasteiger partial charge is 0.508 e. The normalized spacial score (nSPS) is 32.5. The van der Waals surface area contributed by atoms with Gasteiger partial charge in [-0.05, 0) is 56.1 Å². The Hall–Kier alpha value is -1.22. The van der Waals surface area contributed by atoms with Crippen LogP contribution in [0.4, 0.5) is 5.69 Å². The van der Waals surface area contributed by atoms with Gasteiger partial charge >= 0.3 is 0 Å². The molecule has 2 saturated heterocycles. The summed E-state index contributed by atoms with van der Waals surface area (Å²) in [7, 11) is 0. The molecular weight excluding hydrogens is 298 g/mol. The molecule has 5 atom stereocenters. The monoisotopic (exact) mass is 331 g/mol. The van der Waals surface area contributed by atoms with Crippen molar-refractivity contribution in [2.45, 2.75) is 65.0 Å². The van der Waals surface area contributed by atoms with Gasteiger partial charge in [0.05, 0.1) is 6.10 Å². The van der Waals surface area contributed by atoms with E-state index in [2.05, 4.69) is 31.7 Å². The highest BCUT2D eigenvalue weighted by Crippen LogP contribution is 2.40. The van der Waals surface area contributed by atoms with E-state index in [0.29, 0.717) is 29.7 Å². The van der Waals surface area contributed by atoms with Gasteiger partial charge in [-0.2, -0.15) is 0 Å². The highest BCUT2D eigenvalue weighted by atomic mass is 16.5. The van der Waals surface area contributed by atoms with Gasteiger partial charge in [-0.1, -0.05) is 26.8 Å². The maximum atomic E-state index is 9.94.